The quantitative estimate of drug-likeness (QED) is 0.781. The third kappa shape index (κ3) is 4.42. The molecule has 128 valence electrons. The van der Waals surface area contributed by atoms with E-state index in [1.54, 1.807) is 6.08 Å². The summed E-state index contributed by atoms with van der Waals surface area (Å²) in [6, 6.07) is 0.0432. The third-order valence-corrected chi connectivity index (χ3v) is 4.49. The van der Waals surface area contributed by atoms with Crippen LogP contribution in [0.1, 0.15) is 32.1 Å². The molecular formula is C16H21F3N2O2. The van der Waals surface area contributed by atoms with E-state index >= 15 is 0 Å². The highest BCUT2D eigenvalue weighted by atomic mass is 19.4. The van der Waals surface area contributed by atoms with Crippen LogP contribution in [-0.4, -0.2) is 36.2 Å². The summed E-state index contributed by atoms with van der Waals surface area (Å²) in [5, 5.41) is 0. The van der Waals surface area contributed by atoms with Crippen molar-refractivity contribution in [2.24, 2.45) is 17.6 Å². The molecule has 7 heteroatoms. The highest BCUT2D eigenvalue weighted by Crippen LogP contribution is 2.44. The second-order valence-corrected chi connectivity index (χ2v) is 6.60. The highest BCUT2D eigenvalue weighted by molar-refractivity contribution is 5.74. The molecule has 1 amide bonds. The fourth-order valence-electron chi connectivity index (χ4n) is 3.08. The van der Waals surface area contributed by atoms with Crippen molar-refractivity contribution in [2.75, 3.05) is 13.2 Å². The summed E-state index contributed by atoms with van der Waals surface area (Å²) in [5.41, 5.74) is 6.17. The van der Waals surface area contributed by atoms with Gasteiger partial charge in [0.1, 0.15) is 5.76 Å². The minimum absolute atomic E-state index is 0.0432. The SMILES string of the molecule is NC(=O)CC(C1CC1)N1C=C(C2CC2)C(OCC(F)(F)F)=CC1. The number of nitrogens with zero attached hydrogens (tertiary/aromatic N) is 1. The van der Waals surface area contributed by atoms with Crippen molar-refractivity contribution in [1.82, 2.24) is 4.90 Å². The summed E-state index contributed by atoms with van der Waals surface area (Å²) < 4.78 is 42.1. The number of rotatable bonds is 7. The zero-order valence-electron chi connectivity index (χ0n) is 12.8. The van der Waals surface area contributed by atoms with Gasteiger partial charge in [0.2, 0.25) is 5.91 Å². The Morgan fingerprint density at radius 3 is 2.57 bits per heavy atom. The Morgan fingerprint density at radius 2 is 2.04 bits per heavy atom. The number of hydrogen-bond acceptors (Lipinski definition) is 3. The van der Waals surface area contributed by atoms with Crippen LogP contribution < -0.4 is 5.73 Å². The first-order valence-electron chi connectivity index (χ1n) is 7.99. The number of amides is 1. The monoisotopic (exact) mass is 330 g/mol. The molecule has 0 bridgehead atoms. The molecule has 4 nitrogen and oxygen atoms in total. The first kappa shape index (κ1) is 16.2. The Morgan fingerprint density at radius 1 is 1.35 bits per heavy atom. The second-order valence-electron chi connectivity index (χ2n) is 6.60. The van der Waals surface area contributed by atoms with E-state index in [0.29, 0.717) is 18.2 Å². The molecule has 0 aromatic heterocycles. The normalized spacial score (nSPS) is 23.2. The maximum atomic E-state index is 12.4. The largest absolute Gasteiger partial charge is 0.484 e. The van der Waals surface area contributed by atoms with Gasteiger partial charge in [-0.05, 0) is 43.6 Å². The molecule has 0 aromatic rings. The van der Waals surface area contributed by atoms with Crippen LogP contribution in [0.2, 0.25) is 0 Å². The standard InChI is InChI=1S/C16H21F3N2O2/c17-16(18,19)9-23-14-5-6-21(8-12(14)10-1-2-10)13(7-15(20)22)11-3-4-11/h5,8,10-11,13H,1-4,6-7,9H2,(H2,20,22). The number of allylic oxidation sites excluding steroid dienone is 1. The van der Waals surface area contributed by atoms with Crippen molar-refractivity contribution in [3.63, 3.8) is 0 Å². The summed E-state index contributed by atoms with van der Waals surface area (Å²) in [7, 11) is 0. The molecule has 1 unspecified atom stereocenters. The van der Waals surface area contributed by atoms with E-state index in [9.17, 15) is 18.0 Å². The minimum atomic E-state index is -4.34. The maximum absolute atomic E-state index is 12.4. The number of nitrogens with two attached hydrogens (primary N) is 1. The molecule has 2 aliphatic carbocycles. The van der Waals surface area contributed by atoms with Gasteiger partial charge >= 0.3 is 6.18 Å². The molecule has 2 saturated carbocycles. The fourth-order valence-corrected chi connectivity index (χ4v) is 3.08. The average molecular weight is 330 g/mol. The lowest BCUT2D eigenvalue weighted by atomic mass is 10.0. The van der Waals surface area contributed by atoms with Gasteiger partial charge in [0, 0.05) is 30.8 Å². The number of halogens is 3. The zero-order valence-corrected chi connectivity index (χ0v) is 12.8. The molecule has 0 spiro atoms. The average Bonchev–Trinajstić information content (AvgIpc) is 3.35. The van der Waals surface area contributed by atoms with Gasteiger partial charge in [0.05, 0.1) is 0 Å². The van der Waals surface area contributed by atoms with Crippen LogP contribution in [0.3, 0.4) is 0 Å². The first-order valence-corrected chi connectivity index (χ1v) is 7.99. The molecule has 0 saturated heterocycles. The lowest BCUT2D eigenvalue weighted by Gasteiger charge is -2.33. The molecule has 0 radical (unpaired) electrons. The van der Waals surface area contributed by atoms with Crippen molar-refractivity contribution in [1.29, 1.82) is 0 Å². The number of hydrogen-bond donors (Lipinski definition) is 1. The number of carbonyl (C=O) groups excluding carboxylic acids is 1. The predicted octanol–water partition coefficient (Wildman–Crippen LogP) is 2.71. The smallest absolute Gasteiger partial charge is 0.422 e. The molecule has 0 aromatic carbocycles. The van der Waals surface area contributed by atoms with Crippen LogP contribution in [0.25, 0.3) is 0 Å². The van der Waals surface area contributed by atoms with Crippen LogP contribution in [0, 0.1) is 11.8 Å². The summed E-state index contributed by atoms with van der Waals surface area (Å²) in [4.78, 5) is 13.4. The van der Waals surface area contributed by atoms with Gasteiger partial charge in [0.25, 0.3) is 0 Å². The molecular weight excluding hydrogens is 309 g/mol. The van der Waals surface area contributed by atoms with Crippen molar-refractivity contribution in [3.05, 3.63) is 23.6 Å². The molecule has 1 heterocycles. The highest BCUT2D eigenvalue weighted by Gasteiger charge is 2.39. The Kier molecular flexibility index (Phi) is 4.29. The number of primary amides is 1. The topological polar surface area (TPSA) is 55.6 Å². The van der Waals surface area contributed by atoms with Crippen molar-refractivity contribution in [2.45, 2.75) is 44.3 Å². The van der Waals surface area contributed by atoms with Gasteiger partial charge in [-0.3, -0.25) is 4.79 Å². The van der Waals surface area contributed by atoms with Crippen LogP contribution in [0.4, 0.5) is 13.2 Å². The lowest BCUT2D eigenvalue weighted by molar-refractivity contribution is -0.164. The summed E-state index contributed by atoms with van der Waals surface area (Å²) in [6.45, 7) is -0.811. The van der Waals surface area contributed by atoms with Crippen molar-refractivity contribution >= 4 is 5.91 Å². The molecule has 2 N–H and O–H groups in total. The Hall–Kier alpha value is -1.66. The minimum Gasteiger partial charge on any atom is -0.484 e. The predicted molar refractivity (Wildman–Crippen MR) is 77.9 cm³/mol. The van der Waals surface area contributed by atoms with Gasteiger partial charge < -0.3 is 15.4 Å². The number of ether oxygens (including phenoxy) is 1. The van der Waals surface area contributed by atoms with E-state index in [1.807, 2.05) is 6.20 Å². The van der Waals surface area contributed by atoms with E-state index in [1.165, 1.54) is 0 Å². The number of alkyl halides is 3. The maximum Gasteiger partial charge on any atom is 0.422 e. The van der Waals surface area contributed by atoms with E-state index in [2.05, 4.69) is 4.90 Å². The van der Waals surface area contributed by atoms with Gasteiger partial charge in [-0.1, -0.05) is 0 Å². The Labute approximate surface area is 133 Å². The van der Waals surface area contributed by atoms with E-state index in [4.69, 9.17) is 10.5 Å². The lowest BCUT2D eigenvalue weighted by Crippen LogP contribution is -2.38. The summed E-state index contributed by atoms with van der Waals surface area (Å²) in [5.74, 6) is 0.719. The van der Waals surface area contributed by atoms with Crippen molar-refractivity contribution in [3.8, 4) is 0 Å². The summed E-state index contributed by atoms with van der Waals surface area (Å²) >= 11 is 0. The van der Waals surface area contributed by atoms with Crippen LogP contribution in [0.15, 0.2) is 23.6 Å². The van der Waals surface area contributed by atoms with Crippen LogP contribution in [0.5, 0.6) is 0 Å². The molecule has 23 heavy (non-hydrogen) atoms. The Bertz CT molecular complexity index is 534. The van der Waals surface area contributed by atoms with E-state index in [0.717, 1.165) is 31.3 Å². The second kappa shape index (κ2) is 6.09. The van der Waals surface area contributed by atoms with Crippen LogP contribution in [-0.2, 0) is 9.53 Å². The summed E-state index contributed by atoms with van der Waals surface area (Å²) in [6.07, 6.45) is 3.63. The fraction of sp³-hybridized carbons (Fsp3) is 0.688. The molecule has 3 rings (SSSR count). The van der Waals surface area contributed by atoms with Crippen molar-refractivity contribution < 1.29 is 22.7 Å². The molecule has 1 aliphatic heterocycles. The van der Waals surface area contributed by atoms with Crippen LogP contribution >= 0.6 is 0 Å². The van der Waals surface area contributed by atoms with E-state index in [-0.39, 0.29) is 24.3 Å². The first-order chi connectivity index (χ1) is 10.8. The molecule has 3 aliphatic rings. The van der Waals surface area contributed by atoms with Gasteiger partial charge in [-0.25, -0.2) is 0 Å². The zero-order chi connectivity index (χ0) is 16.6. The van der Waals surface area contributed by atoms with E-state index < -0.39 is 12.8 Å². The molecule has 2 fully saturated rings. The Balaban J connectivity index is 1.71. The van der Waals surface area contributed by atoms with Gasteiger partial charge in [0.15, 0.2) is 6.61 Å². The van der Waals surface area contributed by atoms with Gasteiger partial charge in [-0.2, -0.15) is 13.2 Å². The number of carbonyl (C=O) groups is 1. The van der Waals surface area contributed by atoms with Gasteiger partial charge in [-0.15, -0.1) is 0 Å². The molecule has 1 atom stereocenters. The third-order valence-electron chi connectivity index (χ3n) is 4.49.